The molecule has 0 aliphatic heterocycles. The predicted octanol–water partition coefficient (Wildman–Crippen LogP) is 1.98. The molecule has 0 unspecified atom stereocenters. The van der Waals surface area contributed by atoms with Gasteiger partial charge in [-0.15, -0.1) is 5.16 Å². The van der Waals surface area contributed by atoms with Crippen molar-refractivity contribution in [1.29, 1.82) is 0 Å². The molecule has 0 aromatic heterocycles. The van der Waals surface area contributed by atoms with E-state index >= 15 is 0 Å². The SMILES string of the molecule is CSCCCCC=NO. The molecule has 0 fully saturated rings. The third-order valence-electron chi connectivity index (χ3n) is 1.01. The standard InChI is InChI=1S/C6H13NOS/c1-9-6-4-2-3-5-7-8/h5,8H,2-4,6H2,1H3. The number of hydrogen-bond donors (Lipinski definition) is 1. The molecule has 0 rings (SSSR count). The summed E-state index contributed by atoms with van der Waals surface area (Å²) in [5, 5.41) is 10.9. The maximum atomic E-state index is 7.99. The molecule has 0 aliphatic carbocycles. The normalized spacial score (nSPS) is 10.8. The first-order chi connectivity index (χ1) is 4.41. The van der Waals surface area contributed by atoms with Gasteiger partial charge in [0.15, 0.2) is 0 Å². The zero-order chi connectivity index (χ0) is 6.95. The largest absolute Gasteiger partial charge is 0.411 e. The maximum absolute atomic E-state index is 7.99. The van der Waals surface area contributed by atoms with E-state index in [4.69, 9.17) is 5.21 Å². The van der Waals surface area contributed by atoms with Crippen molar-refractivity contribution < 1.29 is 5.21 Å². The van der Waals surface area contributed by atoms with Crippen molar-refractivity contribution in [2.45, 2.75) is 19.3 Å². The Hall–Kier alpha value is -0.180. The van der Waals surface area contributed by atoms with Crippen molar-refractivity contribution in [1.82, 2.24) is 0 Å². The number of rotatable bonds is 5. The van der Waals surface area contributed by atoms with Crippen LogP contribution in [0.1, 0.15) is 19.3 Å². The zero-order valence-corrected chi connectivity index (χ0v) is 6.52. The second-order valence-corrected chi connectivity index (χ2v) is 2.77. The van der Waals surface area contributed by atoms with Crippen LogP contribution in [0, 0.1) is 0 Å². The summed E-state index contributed by atoms with van der Waals surface area (Å²) in [6, 6.07) is 0. The number of hydrogen-bond acceptors (Lipinski definition) is 3. The van der Waals surface area contributed by atoms with Crippen molar-refractivity contribution in [2.24, 2.45) is 5.16 Å². The van der Waals surface area contributed by atoms with Crippen molar-refractivity contribution in [3.63, 3.8) is 0 Å². The van der Waals surface area contributed by atoms with Crippen LogP contribution in [-0.2, 0) is 0 Å². The van der Waals surface area contributed by atoms with Gasteiger partial charge in [-0.2, -0.15) is 11.8 Å². The minimum absolute atomic E-state index is 0.900. The van der Waals surface area contributed by atoms with Crippen LogP contribution in [0.3, 0.4) is 0 Å². The van der Waals surface area contributed by atoms with Gasteiger partial charge in [0, 0.05) is 6.21 Å². The molecule has 0 amide bonds. The van der Waals surface area contributed by atoms with Crippen LogP contribution < -0.4 is 0 Å². The number of oxime groups is 1. The molecule has 0 atom stereocenters. The minimum Gasteiger partial charge on any atom is -0.411 e. The highest BCUT2D eigenvalue weighted by atomic mass is 32.2. The van der Waals surface area contributed by atoms with E-state index in [1.807, 2.05) is 11.8 Å². The number of unbranched alkanes of at least 4 members (excludes halogenated alkanes) is 2. The maximum Gasteiger partial charge on any atom is 0.0435 e. The summed E-state index contributed by atoms with van der Waals surface area (Å²) in [4.78, 5) is 0. The van der Waals surface area contributed by atoms with Gasteiger partial charge in [0.05, 0.1) is 0 Å². The average molecular weight is 147 g/mol. The van der Waals surface area contributed by atoms with Crippen LogP contribution in [0.2, 0.25) is 0 Å². The Bertz CT molecular complexity index is 75.5. The molecule has 9 heavy (non-hydrogen) atoms. The topological polar surface area (TPSA) is 32.6 Å². The van der Waals surface area contributed by atoms with E-state index in [1.165, 1.54) is 12.2 Å². The van der Waals surface area contributed by atoms with Gasteiger partial charge in [-0.25, -0.2) is 0 Å². The molecule has 0 radical (unpaired) electrons. The molecule has 1 N–H and O–H groups in total. The summed E-state index contributed by atoms with van der Waals surface area (Å²) in [6.45, 7) is 0. The van der Waals surface area contributed by atoms with Crippen molar-refractivity contribution in [3.8, 4) is 0 Å². The van der Waals surface area contributed by atoms with E-state index in [2.05, 4.69) is 11.4 Å². The second kappa shape index (κ2) is 7.82. The van der Waals surface area contributed by atoms with Gasteiger partial charge in [0.2, 0.25) is 0 Å². The Morgan fingerprint density at radius 2 is 2.33 bits per heavy atom. The molecular weight excluding hydrogens is 134 g/mol. The Morgan fingerprint density at radius 3 is 2.89 bits per heavy atom. The van der Waals surface area contributed by atoms with Crippen LogP contribution >= 0.6 is 11.8 Å². The van der Waals surface area contributed by atoms with Crippen LogP contribution in [0.5, 0.6) is 0 Å². The van der Waals surface area contributed by atoms with Gasteiger partial charge < -0.3 is 5.21 Å². The molecule has 0 aromatic carbocycles. The molecule has 0 heterocycles. The molecule has 0 bridgehead atoms. The minimum atomic E-state index is 0.900. The molecule has 54 valence electrons. The van der Waals surface area contributed by atoms with E-state index in [-0.39, 0.29) is 0 Å². The molecule has 0 aliphatic rings. The number of nitrogens with zero attached hydrogens (tertiary/aromatic N) is 1. The Labute approximate surface area is 60.3 Å². The molecule has 0 saturated carbocycles. The van der Waals surface area contributed by atoms with Crippen LogP contribution in [0.15, 0.2) is 5.16 Å². The van der Waals surface area contributed by atoms with E-state index in [0.29, 0.717) is 0 Å². The van der Waals surface area contributed by atoms with E-state index in [1.54, 1.807) is 6.21 Å². The van der Waals surface area contributed by atoms with Crippen LogP contribution in [0.4, 0.5) is 0 Å². The fourth-order valence-corrected chi connectivity index (χ4v) is 1.03. The number of thioether (sulfide) groups is 1. The lowest BCUT2D eigenvalue weighted by Crippen LogP contribution is -1.80. The van der Waals surface area contributed by atoms with Crippen LogP contribution in [0.25, 0.3) is 0 Å². The summed E-state index contributed by atoms with van der Waals surface area (Å²) in [6.07, 6.45) is 6.88. The lowest BCUT2D eigenvalue weighted by atomic mass is 10.3. The average Bonchev–Trinajstić information content (AvgIpc) is 1.89. The van der Waals surface area contributed by atoms with Crippen LogP contribution in [-0.4, -0.2) is 23.4 Å². The monoisotopic (exact) mass is 147 g/mol. The van der Waals surface area contributed by atoms with Crippen molar-refractivity contribution in [3.05, 3.63) is 0 Å². The highest BCUT2D eigenvalue weighted by molar-refractivity contribution is 7.98. The Balaban J connectivity index is 2.75. The highest BCUT2D eigenvalue weighted by Gasteiger charge is 1.83. The van der Waals surface area contributed by atoms with Gasteiger partial charge in [-0.05, 0) is 31.3 Å². The van der Waals surface area contributed by atoms with Crippen molar-refractivity contribution >= 4 is 18.0 Å². The fourth-order valence-electron chi connectivity index (χ4n) is 0.540. The Morgan fingerprint density at radius 1 is 1.56 bits per heavy atom. The van der Waals surface area contributed by atoms with Gasteiger partial charge in [-0.1, -0.05) is 0 Å². The van der Waals surface area contributed by atoms with E-state index in [0.717, 1.165) is 12.8 Å². The summed E-state index contributed by atoms with van der Waals surface area (Å²) in [7, 11) is 0. The first-order valence-corrected chi connectivity index (χ1v) is 4.46. The summed E-state index contributed by atoms with van der Waals surface area (Å²) in [5.41, 5.74) is 0. The smallest absolute Gasteiger partial charge is 0.0435 e. The summed E-state index contributed by atoms with van der Waals surface area (Å²) >= 11 is 1.85. The summed E-state index contributed by atoms with van der Waals surface area (Å²) < 4.78 is 0. The third-order valence-corrected chi connectivity index (χ3v) is 1.71. The van der Waals surface area contributed by atoms with Gasteiger partial charge in [-0.3, -0.25) is 0 Å². The van der Waals surface area contributed by atoms with E-state index in [9.17, 15) is 0 Å². The molecule has 3 heteroatoms. The van der Waals surface area contributed by atoms with Crippen molar-refractivity contribution in [2.75, 3.05) is 12.0 Å². The van der Waals surface area contributed by atoms with E-state index < -0.39 is 0 Å². The predicted molar refractivity (Wildman–Crippen MR) is 42.5 cm³/mol. The van der Waals surface area contributed by atoms with Gasteiger partial charge >= 0.3 is 0 Å². The highest BCUT2D eigenvalue weighted by Crippen LogP contribution is 2.00. The molecule has 2 nitrogen and oxygen atoms in total. The molecular formula is C6H13NOS. The van der Waals surface area contributed by atoms with Gasteiger partial charge in [0.1, 0.15) is 0 Å². The quantitative estimate of drug-likeness (QED) is 0.279. The first-order valence-electron chi connectivity index (χ1n) is 3.06. The fraction of sp³-hybridized carbons (Fsp3) is 0.833. The lowest BCUT2D eigenvalue weighted by Gasteiger charge is -1.91. The second-order valence-electron chi connectivity index (χ2n) is 1.79. The third kappa shape index (κ3) is 7.82. The lowest BCUT2D eigenvalue weighted by molar-refractivity contribution is 0.320. The van der Waals surface area contributed by atoms with Gasteiger partial charge in [0.25, 0.3) is 0 Å². The first kappa shape index (κ1) is 8.82. The molecule has 0 saturated heterocycles. The molecule has 0 aromatic rings. The summed E-state index contributed by atoms with van der Waals surface area (Å²) in [5.74, 6) is 1.21. The Kier molecular flexibility index (Phi) is 7.66. The molecule has 0 spiro atoms. The zero-order valence-electron chi connectivity index (χ0n) is 5.71.